The number of nitrogens with one attached hydrogen (secondary N) is 1. The van der Waals surface area contributed by atoms with Crippen LogP contribution in [0.3, 0.4) is 0 Å². The van der Waals surface area contributed by atoms with Crippen molar-refractivity contribution in [2.75, 3.05) is 10.8 Å². The number of halogens is 2. The van der Waals surface area contributed by atoms with Crippen molar-refractivity contribution in [1.82, 2.24) is 10.2 Å². The number of hydrogen-bond acceptors (Lipinski definition) is 4. The number of sulfonamides is 1. The van der Waals surface area contributed by atoms with Crippen LogP contribution in [0, 0.1) is 6.92 Å². The lowest BCUT2D eigenvalue weighted by molar-refractivity contribution is -0.139. The van der Waals surface area contributed by atoms with Gasteiger partial charge in [0.1, 0.15) is 12.6 Å². The van der Waals surface area contributed by atoms with E-state index in [-0.39, 0.29) is 23.4 Å². The van der Waals surface area contributed by atoms with Gasteiger partial charge in [-0.25, -0.2) is 8.42 Å². The van der Waals surface area contributed by atoms with E-state index in [4.69, 9.17) is 11.6 Å². The minimum Gasteiger partial charge on any atom is -0.352 e. The van der Waals surface area contributed by atoms with Gasteiger partial charge >= 0.3 is 0 Å². The molecule has 10 heteroatoms. The molecule has 1 N–H and O–H groups in total. The van der Waals surface area contributed by atoms with Crippen LogP contribution in [-0.4, -0.2) is 43.8 Å². The fraction of sp³-hybridized carbons (Fsp3) is 0.310. The topological polar surface area (TPSA) is 86.8 Å². The summed E-state index contributed by atoms with van der Waals surface area (Å²) in [4.78, 5) is 28.5. The molecule has 0 aromatic heterocycles. The molecule has 3 rings (SSSR count). The van der Waals surface area contributed by atoms with Gasteiger partial charge in [-0.2, -0.15) is 0 Å². The van der Waals surface area contributed by atoms with Gasteiger partial charge in [-0.05, 0) is 80.8 Å². The molecule has 0 saturated heterocycles. The molecular weight excluding hydrogens is 602 g/mol. The van der Waals surface area contributed by atoms with Crippen LogP contribution < -0.4 is 9.62 Å². The van der Waals surface area contributed by atoms with Crippen LogP contribution in [0.2, 0.25) is 5.02 Å². The summed E-state index contributed by atoms with van der Waals surface area (Å²) in [5.41, 5.74) is 1.85. The van der Waals surface area contributed by atoms with E-state index in [0.717, 1.165) is 20.8 Å². The Bertz CT molecular complexity index is 1420. The van der Waals surface area contributed by atoms with E-state index >= 15 is 0 Å². The summed E-state index contributed by atoms with van der Waals surface area (Å²) in [6.07, 6.45) is 0.735. The number of amides is 2. The van der Waals surface area contributed by atoms with E-state index in [0.29, 0.717) is 16.3 Å². The van der Waals surface area contributed by atoms with E-state index < -0.39 is 28.5 Å². The fourth-order valence-corrected chi connectivity index (χ4v) is 6.02. The molecule has 0 fully saturated rings. The molecule has 0 heterocycles. The molecule has 0 aliphatic heterocycles. The van der Waals surface area contributed by atoms with E-state index in [1.165, 1.54) is 29.2 Å². The van der Waals surface area contributed by atoms with Crippen molar-refractivity contribution < 1.29 is 18.0 Å². The predicted molar refractivity (Wildman–Crippen MR) is 159 cm³/mol. The maximum Gasteiger partial charge on any atom is 0.264 e. The quantitative estimate of drug-likeness (QED) is 0.283. The summed E-state index contributed by atoms with van der Waals surface area (Å²) in [5, 5.41) is 3.33. The van der Waals surface area contributed by atoms with Crippen molar-refractivity contribution in [3.63, 3.8) is 0 Å². The molecule has 0 saturated carbocycles. The summed E-state index contributed by atoms with van der Waals surface area (Å²) in [5.74, 6) is -0.821. The Morgan fingerprint density at radius 1 is 1.00 bits per heavy atom. The third-order valence-corrected chi connectivity index (χ3v) is 8.99. The molecule has 3 aromatic rings. The van der Waals surface area contributed by atoms with Crippen molar-refractivity contribution in [3.8, 4) is 0 Å². The molecule has 0 bridgehead atoms. The number of carbonyl (C=O) groups is 2. The van der Waals surface area contributed by atoms with Gasteiger partial charge in [-0.3, -0.25) is 13.9 Å². The minimum atomic E-state index is -4.15. The van der Waals surface area contributed by atoms with Crippen molar-refractivity contribution in [1.29, 1.82) is 0 Å². The molecular formula is C29H33BrClN3O4S. The van der Waals surface area contributed by atoms with Gasteiger partial charge in [0.25, 0.3) is 10.0 Å². The molecule has 208 valence electrons. The Labute approximate surface area is 244 Å². The van der Waals surface area contributed by atoms with Crippen LogP contribution in [-0.2, 0) is 26.2 Å². The molecule has 0 unspecified atom stereocenters. The number of anilines is 1. The molecule has 7 nitrogen and oxygen atoms in total. The lowest BCUT2D eigenvalue weighted by Crippen LogP contribution is -2.52. The lowest BCUT2D eigenvalue weighted by Gasteiger charge is -2.33. The van der Waals surface area contributed by atoms with E-state index in [1.54, 1.807) is 38.1 Å². The van der Waals surface area contributed by atoms with Crippen LogP contribution in [0.5, 0.6) is 0 Å². The Balaban J connectivity index is 2.04. The van der Waals surface area contributed by atoms with Crippen molar-refractivity contribution in [2.45, 2.75) is 57.6 Å². The molecule has 39 heavy (non-hydrogen) atoms. The zero-order valence-electron chi connectivity index (χ0n) is 22.4. The first-order chi connectivity index (χ1) is 18.4. The second-order valence-electron chi connectivity index (χ2n) is 9.40. The number of para-hydroxylation sites is 1. The smallest absolute Gasteiger partial charge is 0.264 e. The van der Waals surface area contributed by atoms with Gasteiger partial charge in [0.2, 0.25) is 11.8 Å². The average molecular weight is 635 g/mol. The van der Waals surface area contributed by atoms with Crippen LogP contribution in [0.4, 0.5) is 5.69 Å². The minimum absolute atomic E-state index is 0.00375. The SMILES string of the molecule is CC[C@@H](C)NC(=O)[C@@H](C)N(Cc1cccc(Br)c1)C(=O)CN(c1ccccc1C)S(=O)(=O)c1ccc(Cl)cc1. The van der Waals surface area contributed by atoms with Gasteiger partial charge in [0, 0.05) is 22.1 Å². The monoisotopic (exact) mass is 633 g/mol. The first-order valence-electron chi connectivity index (χ1n) is 12.6. The third-order valence-electron chi connectivity index (χ3n) is 6.47. The van der Waals surface area contributed by atoms with Crippen LogP contribution in [0.25, 0.3) is 0 Å². The van der Waals surface area contributed by atoms with E-state index in [9.17, 15) is 18.0 Å². The number of nitrogens with zero attached hydrogens (tertiary/aromatic N) is 2. The Morgan fingerprint density at radius 2 is 1.67 bits per heavy atom. The Kier molecular flexibility index (Phi) is 10.6. The molecule has 0 spiro atoms. The third kappa shape index (κ3) is 7.84. The summed E-state index contributed by atoms with van der Waals surface area (Å²) >= 11 is 9.45. The molecule has 0 radical (unpaired) electrons. The lowest BCUT2D eigenvalue weighted by atomic mass is 10.1. The Hall–Kier alpha value is -2.88. The molecule has 3 aromatic carbocycles. The molecule has 0 aliphatic carbocycles. The van der Waals surface area contributed by atoms with Gasteiger partial charge in [-0.1, -0.05) is 64.8 Å². The van der Waals surface area contributed by atoms with Crippen molar-refractivity contribution >= 4 is 55.1 Å². The highest BCUT2D eigenvalue weighted by Gasteiger charge is 2.33. The summed E-state index contributed by atoms with van der Waals surface area (Å²) in [7, 11) is -4.15. The van der Waals surface area contributed by atoms with Gasteiger partial charge in [-0.15, -0.1) is 0 Å². The number of benzene rings is 3. The van der Waals surface area contributed by atoms with Crippen LogP contribution in [0.15, 0.2) is 82.2 Å². The zero-order chi connectivity index (χ0) is 28.7. The molecule has 2 amide bonds. The predicted octanol–water partition coefficient (Wildman–Crippen LogP) is 5.94. The Morgan fingerprint density at radius 3 is 2.28 bits per heavy atom. The maximum absolute atomic E-state index is 14.0. The van der Waals surface area contributed by atoms with E-state index in [1.807, 2.05) is 38.1 Å². The highest BCUT2D eigenvalue weighted by Crippen LogP contribution is 2.28. The van der Waals surface area contributed by atoms with Crippen molar-refractivity contribution in [3.05, 3.63) is 93.4 Å². The van der Waals surface area contributed by atoms with E-state index in [2.05, 4.69) is 21.2 Å². The second-order valence-corrected chi connectivity index (χ2v) is 12.6. The molecule has 0 aliphatic rings. The number of carbonyl (C=O) groups excluding carboxylic acids is 2. The molecule has 2 atom stereocenters. The number of rotatable bonds is 11. The van der Waals surface area contributed by atoms with Gasteiger partial charge < -0.3 is 10.2 Å². The summed E-state index contributed by atoms with van der Waals surface area (Å²) in [6.45, 7) is 6.91. The highest BCUT2D eigenvalue weighted by molar-refractivity contribution is 9.10. The zero-order valence-corrected chi connectivity index (χ0v) is 25.6. The second kappa shape index (κ2) is 13.5. The first-order valence-corrected chi connectivity index (χ1v) is 15.2. The average Bonchev–Trinajstić information content (AvgIpc) is 2.90. The first kappa shape index (κ1) is 30.7. The van der Waals surface area contributed by atoms with Gasteiger partial charge in [0.05, 0.1) is 10.6 Å². The number of hydrogen-bond donors (Lipinski definition) is 1. The summed E-state index contributed by atoms with van der Waals surface area (Å²) < 4.78 is 29.7. The van der Waals surface area contributed by atoms with Crippen molar-refractivity contribution in [2.24, 2.45) is 0 Å². The highest BCUT2D eigenvalue weighted by atomic mass is 79.9. The fourth-order valence-electron chi connectivity index (χ4n) is 3.97. The largest absolute Gasteiger partial charge is 0.352 e. The standard InChI is InChI=1S/C29H33BrClN3O4S/c1-5-21(3)32-29(36)22(4)33(18-23-10-8-11-24(30)17-23)28(35)19-34(27-12-7-6-9-20(27)2)39(37,38)26-15-13-25(31)14-16-26/h6-17,21-22H,5,18-19H2,1-4H3,(H,32,36)/t21-,22-/m1/s1. The van der Waals surface area contributed by atoms with Crippen LogP contribution >= 0.6 is 27.5 Å². The normalized spacial score (nSPS) is 12.9. The summed E-state index contributed by atoms with van der Waals surface area (Å²) in [6, 6.07) is 19.3. The maximum atomic E-state index is 14.0. The van der Waals surface area contributed by atoms with Crippen LogP contribution in [0.1, 0.15) is 38.3 Å². The van der Waals surface area contributed by atoms with Gasteiger partial charge in [0.15, 0.2) is 0 Å². The number of aryl methyl sites for hydroxylation is 1.